The van der Waals surface area contributed by atoms with Crippen LogP contribution in [-0.2, 0) is 46.0 Å². The van der Waals surface area contributed by atoms with Crippen molar-refractivity contribution in [1.82, 2.24) is 0 Å². The first kappa shape index (κ1) is 49.2. The first-order chi connectivity index (χ1) is 30.3. The minimum Gasteiger partial charge on any atom is -0.481 e. The van der Waals surface area contributed by atoms with Crippen LogP contribution in [0.3, 0.4) is 0 Å². The van der Waals surface area contributed by atoms with Crippen molar-refractivity contribution in [2.75, 3.05) is 23.7 Å². The van der Waals surface area contributed by atoms with E-state index in [9.17, 15) is 58.7 Å². The molecule has 0 bridgehead atoms. The van der Waals surface area contributed by atoms with Gasteiger partial charge in [-0.05, 0) is 135 Å². The maximum atomic E-state index is 12.3. The molecule has 0 aromatic heterocycles. The van der Waals surface area contributed by atoms with Crippen LogP contribution in [0.2, 0.25) is 0 Å². The molecular weight excluding hydrogens is 897 g/mol. The van der Waals surface area contributed by atoms with Crippen LogP contribution in [0.15, 0.2) is 112 Å². The Hall–Kier alpha value is -5.24. The molecule has 1 aliphatic carbocycles. The van der Waals surface area contributed by atoms with Gasteiger partial charge in [0.15, 0.2) is 5.71 Å². The minimum absolute atomic E-state index is 0.0433. The van der Waals surface area contributed by atoms with E-state index in [0.717, 1.165) is 45.8 Å². The third-order valence-corrected chi connectivity index (χ3v) is 15.0. The van der Waals surface area contributed by atoms with Crippen LogP contribution in [0.5, 0.6) is 0 Å². The number of aliphatic carboxylic acids is 1. The molecule has 0 radical (unpaired) electrons. The largest absolute Gasteiger partial charge is 0.481 e. The molecule has 0 saturated carbocycles. The summed E-state index contributed by atoms with van der Waals surface area (Å²) in [6, 6.07) is 15.5. The zero-order valence-corrected chi connectivity index (χ0v) is 39.1. The molecule has 0 spiro atoms. The summed E-state index contributed by atoms with van der Waals surface area (Å²) in [7, 11) is -13.2. The lowest BCUT2D eigenvalue weighted by Crippen LogP contribution is -2.28. The molecule has 18 heteroatoms. The molecule has 0 fully saturated rings. The summed E-state index contributed by atoms with van der Waals surface area (Å²) in [5.41, 5.74) is 6.46. The van der Waals surface area contributed by atoms with E-state index in [2.05, 4.69) is 4.58 Å². The number of hydrogen-bond donors (Lipinski definition) is 5. The van der Waals surface area contributed by atoms with E-state index in [4.69, 9.17) is 0 Å². The normalized spacial score (nSPS) is 18.5. The SMILES string of the molecule is CC1(C)C(/C=C/C2=C(c3ccc(C(=O)O)cc3)C(=C/C=C3/N(CCCCS(=O)(=O)O)c4ccc(S(=O)(=O)O)cc4C3(C)C)/CCC2)=[N+](CCCCCC(=O)O)c2ccc(S(=O)(=O)O)cc21. The molecule has 5 N–H and O–H groups in total. The lowest BCUT2D eigenvalue weighted by atomic mass is 9.79. The van der Waals surface area contributed by atoms with Crippen molar-refractivity contribution in [1.29, 1.82) is 0 Å². The highest BCUT2D eigenvalue weighted by Gasteiger charge is 2.45. The summed E-state index contributed by atoms with van der Waals surface area (Å²) in [5, 5.41) is 18.9. The molecule has 2 aliphatic heterocycles. The van der Waals surface area contributed by atoms with E-state index in [0.29, 0.717) is 68.4 Å². The average Bonchev–Trinajstić information content (AvgIpc) is 3.56. The van der Waals surface area contributed by atoms with Crippen molar-refractivity contribution in [3.63, 3.8) is 0 Å². The number of anilines is 1. The van der Waals surface area contributed by atoms with Crippen molar-refractivity contribution in [2.45, 2.75) is 106 Å². The number of nitrogens with zero attached hydrogens (tertiary/aromatic N) is 2. The van der Waals surface area contributed by atoms with Crippen LogP contribution in [0.4, 0.5) is 11.4 Å². The first-order valence-corrected chi connectivity index (χ1v) is 25.8. The Balaban J connectivity index is 1.48. The molecule has 6 rings (SSSR count). The Labute approximate surface area is 380 Å². The fourth-order valence-electron chi connectivity index (χ4n) is 9.16. The Morgan fingerprint density at radius 2 is 1.37 bits per heavy atom. The smallest absolute Gasteiger partial charge is 0.335 e. The lowest BCUT2D eigenvalue weighted by molar-refractivity contribution is -0.438. The molecule has 65 heavy (non-hydrogen) atoms. The molecule has 348 valence electrons. The van der Waals surface area contributed by atoms with Gasteiger partial charge in [-0.2, -0.15) is 29.8 Å². The van der Waals surface area contributed by atoms with Gasteiger partial charge in [0.1, 0.15) is 6.54 Å². The van der Waals surface area contributed by atoms with Gasteiger partial charge in [-0.1, -0.05) is 38.1 Å². The zero-order chi connectivity index (χ0) is 47.7. The fourth-order valence-corrected chi connectivity index (χ4v) is 10.7. The number of aromatic carboxylic acids is 1. The highest BCUT2D eigenvalue weighted by atomic mass is 32.2. The molecule has 0 unspecified atom stereocenters. The van der Waals surface area contributed by atoms with Gasteiger partial charge in [0.25, 0.3) is 30.4 Å². The van der Waals surface area contributed by atoms with Gasteiger partial charge in [0, 0.05) is 53.9 Å². The number of hydrogen-bond acceptors (Lipinski definition) is 9. The number of carbonyl (C=O) groups is 2. The van der Waals surface area contributed by atoms with Crippen LogP contribution in [0.1, 0.15) is 113 Å². The third-order valence-electron chi connectivity index (χ3n) is 12.5. The molecule has 2 heterocycles. The fraction of sp³-hybridized carbons (Fsp3) is 0.383. The highest BCUT2D eigenvalue weighted by molar-refractivity contribution is 7.86. The number of allylic oxidation sites excluding steroid dienone is 8. The van der Waals surface area contributed by atoms with Gasteiger partial charge < -0.3 is 15.1 Å². The van der Waals surface area contributed by atoms with Crippen molar-refractivity contribution >= 4 is 65.0 Å². The maximum Gasteiger partial charge on any atom is 0.335 e. The summed E-state index contributed by atoms with van der Waals surface area (Å²) in [5.74, 6) is -2.38. The number of carboxylic acids is 2. The van der Waals surface area contributed by atoms with Gasteiger partial charge in [-0.3, -0.25) is 18.5 Å². The first-order valence-electron chi connectivity index (χ1n) is 21.3. The van der Waals surface area contributed by atoms with Crippen LogP contribution in [-0.4, -0.2) is 90.2 Å². The second-order valence-electron chi connectivity index (χ2n) is 17.7. The Kier molecular flexibility index (Phi) is 14.3. The van der Waals surface area contributed by atoms with E-state index in [-0.39, 0.29) is 28.2 Å². The maximum absolute atomic E-state index is 12.3. The summed E-state index contributed by atoms with van der Waals surface area (Å²) < 4.78 is 103. The molecular formula is C47H55N2O13S3+. The molecule has 3 aromatic carbocycles. The van der Waals surface area contributed by atoms with Gasteiger partial charge in [0.05, 0.1) is 26.5 Å². The Morgan fingerprint density at radius 3 is 1.98 bits per heavy atom. The minimum atomic E-state index is -4.54. The van der Waals surface area contributed by atoms with Gasteiger partial charge in [-0.25, -0.2) is 4.79 Å². The molecule has 0 saturated heterocycles. The summed E-state index contributed by atoms with van der Waals surface area (Å²) in [4.78, 5) is 24.6. The number of rotatable bonds is 18. The lowest BCUT2D eigenvalue weighted by Gasteiger charge is -2.28. The van der Waals surface area contributed by atoms with Crippen molar-refractivity contribution in [2.24, 2.45) is 0 Å². The van der Waals surface area contributed by atoms with Gasteiger partial charge in [0.2, 0.25) is 5.69 Å². The molecule has 0 atom stereocenters. The number of benzene rings is 3. The Morgan fingerprint density at radius 1 is 0.723 bits per heavy atom. The molecule has 15 nitrogen and oxygen atoms in total. The second-order valence-corrected chi connectivity index (χ2v) is 22.1. The van der Waals surface area contributed by atoms with Crippen LogP contribution >= 0.6 is 0 Å². The quantitative estimate of drug-likeness (QED) is 0.0457. The number of unbranched alkanes of at least 4 members (excludes halogenated alkanes) is 3. The summed E-state index contributed by atoms with van der Waals surface area (Å²) >= 11 is 0. The van der Waals surface area contributed by atoms with E-state index in [1.165, 1.54) is 24.3 Å². The zero-order valence-electron chi connectivity index (χ0n) is 36.7. The summed E-state index contributed by atoms with van der Waals surface area (Å²) in [6.07, 6.45) is 12.4. The molecule has 3 aromatic rings. The van der Waals surface area contributed by atoms with Crippen molar-refractivity contribution < 1.29 is 63.3 Å². The van der Waals surface area contributed by atoms with Crippen molar-refractivity contribution in [3.05, 3.63) is 124 Å². The van der Waals surface area contributed by atoms with E-state index in [1.54, 1.807) is 36.4 Å². The van der Waals surface area contributed by atoms with Gasteiger partial charge in [-0.15, -0.1) is 0 Å². The van der Waals surface area contributed by atoms with E-state index < -0.39 is 58.9 Å². The Bertz CT molecular complexity index is 2910. The van der Waals surface area contributed by atoms with Crippen LogP contribution in [0, 0.1) is 0 Å². The number of fused-ring (bicyclic) bond motifs is 2. The van der Waals surface area contributed by atoms with E-state index >= 15 is 0 Å². The highest BCUT2D eigenvalue weighted by Crippen LogP contribution is 2.49. The second kappa shape index (κ2) is 18.9. The predicted molar refractivity (Wildman–Crippen MR) is 247 cm³/mol. The van der Waals surface area contributed by atoms with Crippen LogP contribution in [0.25, 0.3) is 5.57 Å². The molecule has 0 amide bonds. The third kappa shape index (κ3) is 11.1. The topological polar surface area (TPSA) is 244 Å². The number of carboxylic acid groups (broad SMARTS) is 2. The van der Waals surface area contributed by atoms with Crippen molar-refractivity contribution in [3.8, 4) is 0 Å². The van der Waals surface area contributed by atoms with Gasteiger partial charge >= 0.3 is 11.9 Å². The van der Waals surface area contributed by atoms with Crippen LogP contribution < -0.4 is 4.90 Å². The average molecular weight is 952 g/mol. The summed E-state index contributed by atoms with van der Waals surface area (Å²) in [6.45, 7) is 8.63. The van der Waals surface area contributed by atoms with E-state index in [1.807, 2.05) is 56.9 Å². The predicted octanol–water partition coefficient (Wildman–Crippen LogP) is 8.37. The molecule has 3 aliphatic rings. The monoisotopic (exact) mass is 951 g/mol. The standard InChI is InChI=1S/C47H54N2O13S3/c1-46(2)37-29-35(64(57,58)59)20-22-39(37)48(26-7-5-6-13-43(50)51)41(46)24-18-31-11-10-12-32(44(31)33-14-16-34(17-15-33)45(52)53)19-25-42-47(3,4)38-30-36(65(60,61)62)21-23-40(38)49(42)27-8-9-28-63(54,55)56/h14-25,29-30H,5-13,26-28H2,1-4H3,(H4-,50,51,52,53,54,55,56,57,58,59,60,61,62)/p+1.